The van der Waals surface area contributed by atoms with E-state index in [1.807, 2.05) is 12.1 Å². The molecular formula is C16H20ClNO4S. The number of carbonyl (C=O) groups is 2. The summed E-state index contributed by atoms with van der Waals surface area (Å²) in [6, 6.07) is 7.24. The number of carbonyl (C=O) groups excluding carboxylic acids is 1. The predicted molar refractivity (Wildman–Crippen MR) is 90.1 cm³/mol. The number of halogens is 1. The molecule has 5 nitrogen and oxygen atoms in total. The molecule has 0 aromatic heterocycles. The molecule has 126 valence electrons. The molecular weight excluding hydrogens is 338 g/mol. The fourth-order valence-electron chi connectivity index (χ4n) is 2.35. The summed E-state index contributed by atoms with van der Waals surface area (Å²) >= 11 is 7.33. The van der Waals surface area contributed by atoms with Crippen LogP contribution in [-0.2, 0) is 9.53 Å². The van der Waals surface area contributed by atoms with Gasteiger partial charge in [-0.25, -0.2) is 4.79 Å². The zero-order valence-electron chi connectivity index (χ0n) is 13.3. The molecule has 1 aromatic rings. The van der Waals surface area contributed by atoms with E-state index in [4.69, 9.17) is 16.3 Å². The highest BCUT2D eigenvalue weighted by Crippen LogP contribution is 2.43. The van der Waals surface area contributed by atoms with Crippen molar-refractivity contribution in [3.63, 3.8) is 0 Å². The van der Waals surface area contributed by atoms with Gasteiger partial charge in [-0.3, -0.25) is 4.79 Å². The highest BCUT2D eigenvalue weighted by Gasteiger charge is 2.48. The summed E-state index contributed by atoms with van der Waals surface area (Å²) in [7, 11) is 0. The molecule has 7 heteroatoms. The SMILES string of the molecule is CC(C)(C)OC(=O)N1CC(CC(=O)O)(Sc2ccc(Cl)cc2)C1. The van der Waals surface area contributed by atoms with Gasteiger partial charge in [0.2, 0.25) is 0 Å². The second-order valence-electron chi connectivity index (χ2n) is 6.65. The van der Waals surface area contributed by atoms with E-state index in [1.165, 1.54) is 16.7 Å². The minimum atomic E-state index is -0.879. The van der Waals surface area contributed by atoms with Crippen molar-refractivity contribution in [3.8, 4) is 0 Å². The Hall–Kier alpha value is -1.40. The van der Waals surface area contributed by atoms with Gasteiger partial charge in [0.15, 0.2) is 0 Å². The van der Waals surface area contributed by atoms with E-state index in [2.05, 4.69) is 0 Å². The maximum absolute atomic E-state index is 12.0. The molecule has 0 bridgehead atoms. The molecule has 0 atom stereocenters. The standard InChI is InChI=1S/C16H20ClNO4S/c1-15(2,3)22-14(21)18-9-16(10-18,8-13(19)20)23-12-6-4-11(17)5-7-12/h4-7H,8-10H2,1-3H3,(H,19,20). The zero-order chi connectivity index (χ0) is 17.3. The third-order valence-corrected chi connectivity index (χ3v) is 4.83. The largest absolute Gasteiger partial charge is 0.481 e. The van der Waals surface area contributed by atoms with Crippen LogP contribution in [0.1, 0.15) is 27.2 Å². The van der Waals surface area contributed by atoms with Crippen molar-refractivity contribution >= 4 is 35.4 Å². The summed E-state index contributed by atoms with van der Waals surface area (Å²) in [5.74, 6) is -0.879. The number of carboxylic acid groups (broad SMARTS) is 1. The second kappa shape index (κ2) is 6.61. The molecule has 0 unspecified atom stereocenters. The van der Waals surface area contributed by atoms with Gasteiger partial charge in [0.1, 0.15) is 5.60 Å². The molecule has 1 saturated heterocycles. The Balaban J connectivity index is 2.04. The van der Waals surface area contributed by atoms with Gasteiger partial charge in [-0.1, -0.05) is 11.6 Å². The molecule has 0 spiro atoms. The fraction of sp³-hybridized carbons (Fsp3) is 0.500. The Morgan fingerprint density at radius 3 is 2.35 bits per heavy atom. The minimum absolute atomic E-state index is 0.0143. The van der Waals surface area contributed by atoms with Crippen LogP contribution in [0.25, 0.3) is 0 Å². The van der Waals surface area contributed by atoms with Gasteiger partial charge in [-0.05, 0) is 45.0 Å². The van der Waals surface area contributed by atoms with Gasteiger partial charge in [-0.2, -0.15) is 0 Å². The van der Waals surface area contributed by atoms with Crippen molar-refractivity contribution in [2.75, 3.05) is 13.1 Å². The number of likely N-dealkylation sites (tertiary alicyclic amines) is 1. The molecule has 1 N–H and O–H groups in total. The summed E-state index contributed by atoms with van der Waals surface area (Å²) in [6.45, 7) is 6.11. The molecule has 0 aliphatic carbocycles. The van der Waals surface area contributed by atoms with E-state index in [0.29, 0.717) is 18.1 Å². The normalized spacial score (nSPS) is 16.6. The molecule has 1 heterocycles. The van der Waals surface area contributed by atoms with Crippen molar-refractivity contribution in [1.82, 2.24) is 4.90 Å². The first-order chi connectivity index (χ1) is 10.6. The van der Waals surface area contributed by atoms with E-state index in [1.54, 1.807) is 32.9 Å². The average molecular weight is 358 g/mol. The number of hydrogen-bond acceptors (Lipinski definition) is 4. The maximum atomic E-state index is 12.0. The average Bonchev–Trinajstić information content (AvgIpc) is 2.35. The number of ether oxygens (including phenoxy) is 1. The highest BCUT2D eigenvalue weighted by atomic mass is 35.5. The first-order valence-corrected chi connectivity index (χ1v) is 8.42. The summed E-state index contributed by atoms with van der Waals surface area (Å²) in [5, 5.41) is 9.81. The lowest BCUT2D eigenvalue weighted by molar-refractivity contribution is -0.138. The lowest BCUT2D eigenvalue weighted by Crippen LogP contribution is -2.62. The molecule has 2 rings (SSSR count). The van der Waals surface area contributed by atoms with E-state index < -0.39 is 22.4 Å². The monoisotopic (exact) mass is 357 g/mol. The smallest absolute Gasteiger partial charge is 0.410 e. The third kappa shape index (κ3) is 5.04. The Morgan fingerprint density at radius 1 is 1.30 bits per heavy atom. The second-order valence-corrected chi connectivity index (χ2v) is 8.62. The van der Waals surface area contributed by atoms with Crippen LogP contribution in [-0.4, -0.2) is 45.5 Å². The van der Waals surface area contributed by atoms with E-state index in [-0.39, 0.29) is 6.42 Å². The first kappa shape index (κ1) is 17.9. The Kier molecular flexibility index (Phi) is 5.16. The number of hydrogen-bond donors (Lipinski definition) is 1. The van der Waals surface area contributed by atoms with Gasteiger partial charge in [0.25, 0.3) is 0 Å². The molecule has 0 radical (unpaired) electrons. The Morgan fingerprint density at radius 2 is 1.87 bits per heavy atom. The summed E-state index contributed by atoms with van der Waals surface area (Å²) in [4.78, 5) is 25.7. The number of aliphatic carboxylic acids is 1. The highest BCUT2D eigenvalue weighted by molar-refractivity contribution is 8.00. The van der Waals surface area contributed by atoms with Crippen LogP contribution in [0.15, 0.2) is 29.2 Å². The minimum Gasteiger partial charge on any atom is -0.481 e. The molecule has 1 amide bonds. The van der Waals surface area contributed by atoms with E-state index >= 15 is 0 Å². The topological polar surface area (TPSA) is 66.8 Å². The molecule has 23 heavy (non-hydrogen) atoms. The van der Waals surface area contributed by atoms with Gasteiger partial charge >= 0.3 is 12.1 Å². The fourth-order valence-corrected chi connectivity index (χ4v) is 3.88. The number of rotatable bonds is 4. The van der Waals surface area contributed by atoms with Crippen molar-refractivity contribution < 1.29 is 19.4 Å². The number of benzene rings is 1. The summed E-state index contributed by atoms with van der Waals surface area (Å²) in [5.41, 5.74) is -0.564. The predicted octanol–water partition coefficient (Wildman–Crippen LogP) is 3.90. The molecule has 1 fully saturated rings. The van der Waals surface area contributed by atoms with Crippen molar-refractivity contribution in [2.45, 2.75) is 42.4 Å². The first-order valence-electron chi connectivity index (χ1n) is 7.23. The van der Waals surface area contributed by atoms with Crippen LogP contribution in [0.2, 0.25) is 5.02 Å². The Bertz CT molecular complexity index is 591. The number of thioether (sulfide) groups is 1. The third-order valence-electron chi connectivity index (χ3n) is 3.23. The van der Waals surface area contributed by atoms with E-state index in [9.17, 15) is 14.7 Å². The van der Waals surface area contributed by atoms with Crippen molar-refractivity contribution in [1.29, 1.82) is 0 Å². The lowest BCUT2D eigenvalue weighted by Gasteiger charge is -2.48. The Labute approximate surface area is 144 Å². The summed E-state index contributed by atoms with van der Waals surface area (Å²) < 4.78 is 4.79. The molecule has 1 aliphatic rings. The molecule has 0 saturated carbocycles. The van der Waals surface area contributed by atoms with Crippen molar-refractivity contribution in [3.05, 3.63) is 29.3 Å². The quantitative estimate of drug-likeness (QED) is 0.885. The molecule has 1 aromatic carbocycles. The van der Waals surface area contributed by atoms with Crippen LogP contribution in [0, 0.1) is 0 Å². The maximum Gasteiger partial charge on any atom is 0.410 e. The van der Waals surface area contributed by atoms with Gasteiger partial charge < -0.3 is 14.7 Å². The van der Waals surface area contributed by atoms with Crippen LogP contribution in [0.5, 0.6) is 0 Å². The van der Waals surface area contributed by atoms with Gasteiger partial charge in [0, 0.05) is 23.0 Å². The number of nitrogens with zero attached hydrogens (tertiary/aromatic N) is 1. The number of carboxylic acids is 1. The van der Waals surface area contributed by atoms with Crippen LogP contribution >= 0.6 is 23.4 Å². The van der Waals surface area contributed by atoms with Crippen LogP contribution < -0.4 is 0 Å². The lowest BCUT2D eigenvalue weighted by atomic mass is 9.95. The van der Waals surface area contributed by atoms with Crippen LogP contribution in [0.4, 0.5) is 4.79 Å². The summed E-state index contributed by atoms with van der Waals surface area (Å²) in [6.07, 6.45) is -0.421. The van der Waals surface area contributed by atoms with Gasteiger partial charge in [-0.15, -0.1) is 11.8 Å². The van der Waals surface area contributed by atoms with Crippen LogP contribution in [0.3, 0.4) is 0 Å². The number of amides is 1. The van der Waals surface area contributed by atoms with E-state index in [0.717, 1.165) is 4.90 Å². The van der Waals surface area contributed by atoms with Crippen molar-refractivity contribution in [2.24, 2.45) is 0 Å². The van der Waals surface area contributed by atoms with Gasteiger partial charge in [0.05, 0.1) is 11.2 Å². The molecule has 1 aliphatic heterocycles. The zero-order valence-corrected chi connectivity index (χ0v) is 14.9.